The van der Waals surface area contributed by atoms with Crippen LogP contribution in [0.1, 0.15) is 46.5 Å². The summed E-state index contributed by atoms with van der Waals surface area (Å²) in [6.07, 6.45) is 5.17. The summed E-state index contributed by atoms with van der Waals surface area (Å²) in [5.74, 6) is 1.70. The number of likely N-dealkylation sites (tertiary alicyclic amines) is 1. The van der Waals surface area contributed by atoms with Crippen LogP contribution in [0, 0.1) is 13.8 Å². The minimum Gasteiger partial charge on any atom is -0.361 e. The molecule has 3 aromatic heterocycles. The summed E-state index contributed by atoms with van der Waals surface area (Å²) in [5.41, 5.74) is 3.68. The van der Waals surface area contributed by atoms with Crippen LogP contribution in [0.4, 0.5) is 11.5 Å². The number of benzene rings is 1. The van der Waals surface area contributed by atoms with Gasteiger partial charge in [0.05, 0.1) is 17.4 Å². The Hall–Kier alpha value is -4.07. The number of carbonyl (C=O) groups excluding carboxylic acids is 1. The number of rotatable bonds is 5. The molecule has 0 aliphatic carbocycles. The third-order valence-corrected chi connectivity index (χ3v) is 5.81. The predicted octanol–water partition coefficient (Wildman–Crippen LogP) is 4.86. The van der Waals surface area contributed by atoms with Gasteiger partial charge < -0.3 is 14.7 Å². The smallest absolute Gasteiger partial charge is 0.259 e. The standard InChI is InChI=1S/C25H24N6O2/c1-16-23(17(2)33-30-16)25(32)31-13-7-11-21(31)24-28-20(18-8-6-12-26-15-18)14-22(29-24)27-19-9-4-3-5-10-19/h3-6,8-10,12,14-15,21H,7,11,13H2,1-2H3,(H,27,28,29)/t21-/m0/s1. The van der Waals surface area contributed by atoms with Crippen molar-refractivity contribution in [2.75, 3.05) is 11.9 Å². The predicted molar refractivity (Wildman–Crippen MR) is 124 cm³/mol. The molecule has 8 heteroatoms. The highest BCUT2D eigenvalue weighted by molar-refractivity contribution is 5.96. The number of carbonyl (C=O) groups is 1. The highest BCUT2D eigenvalue weighted by Crippen LogP contribution is 2.34. The van der Waals surface area contributed by atoms with Gasteiger partial charge in [-0.1, -0.05) is 23.4 Å². The molecule has 1 saturated heterocycles. The number of hydrogen-bond acceptors (Lipinski definition) is 7. The van der Waals surface area contributed by atoms with Gasteiger partial charge in [-0.25, -0.2) is 9.97 Å². The minimum absolute atomic E-state index is 0.0956. The lowest BCUT2D eigenvalue weighted by molar-refractivity contribution is 0.0727. The number of nitrogens with zero attached hydrogens (tertiary/aromatic N) is 5. The van der Waals surface area contributed by atoms with E-state index in [1.54, 1.807) is 26.2 Å². The van der Waals surface area contributed by atoms with Gasteiger partial charge in [-0.05, 0) is 51.0 Å². The normalized spacial score (nSPS) is 15.6. The maximum absolute atomic E-state index is 13.4. The van der Waals surface area contributed by atoms with E-state index in [-0.39, 0.29) is 11.9 Å². The van der Waals surface area contributed by atoms with Crippen molar-refractivity contribution >= 4 is 17.4 Å². The molecule has 4 heterocycles. The van der Waals surface area contributed by atoms with Crippen molar-refractivity contribution in [3.05, 3.63) is 83.8 Å². The Labute approximate surface area is 191 Å². The van der Waals surface area contributed by atoms with E-state index in [9.17, 15) is 4.79 Å². The minimum atomic E-state index is -0.237. The molecule has 1 aromatic carbocycles. The van der Waals surface area contributed by atoms with E-state index in [4.69, 9.17) is 14.5 Å². The Kier molecular flexibility index (Phi) is 5.56. The second kappa shape index (κ2) is 8.82. The lowest BCUT2D eigenvalue weighted by atomic mass is 10.1. The molecule has 166 valence electrons. The van der Waals surface area contributed by atoms with E-state index in [2.05, 4.69) is 15.5 Å². The molecule has 1 aliphatic heterocycles. The summed E-state index contributed by atoms with van der Waals surface area (Å²) < 4.78 is 5.23. The van der Waals surface area contributed by atoms with Crippen molar-refractivity contribution in [2.45, 2.75) is 32.7 Å². The van der Waals surface area contributed by atoms with Crippen molar-refractivity contribution in [3.8, 4) is 11.3 Å². The number of nitrogens with one attached hydrogen (secondary N) is 1. The molecule has 1 fully saturated rings. The Morgan fingerprint density at radius 2 is 1.97 bits per heavy atom. The molecule has 8 nitrogen and oxygen atoms in total. The molecular formula is C25H24N6O2. The maximum atomic E-state index is 13.4. The molecule has 0 unspecified atom stereocenters. The Morgan fingerprint density at radius 3 is 2.70 bits per heavy atom. The van der Waals surface area contributed by atoms with Gasteiger partial charge in [-0.3, -0.25) is 9.78 Å². The van der Waals surface area contributed by atoms with Crippen molar-refractivity contribution in [3.63, 3.8) is 0 Å². The molecule has 1 aliphatic rings. The number of anilines is 2. The summed E-state index contributed by atoms with van der Waals surface area (Å²) >= 11 is 0. The quantitative estimate of drug-likeness (QED) is 0.473. The Balaban J connectivity index is 1.54. The van der Waals surface area contributed by atoms with Crippen molar-refractivity contribution < 1.29 is 9.32 Å². The molecule has 0 radical (unpaired) electrons. The molecule has 1 N–H and O–H groups in total. The number of amides is 1. The zero-order valence-corrected chi connectivity index (χ0v) is 18.5. The van der Waals surface area contributed by atoms with Crippen LogP contribution in [0.5, 0.6) is 0 Å². The summed E-state index contributed by atoms with van der Waals surface area (Å²) in [7, 11) is 0. The summed E-state index contributed by atoms with van der Waals surface area (Å²) in [5, 5.41) is 7.32. The summed E-state index contributed by atoms with van der Waals surface area (Å²) in [6, 6.07) is 15.4. The molecular weight excluding hydrogens is 416 g/mol. The highest BCUT2D eigenvalue weighted by Gasteiger charge is 2.35. The third kappa shape index (κ3) is 4.19. The topological polar surface area (TPSA) is 97.0 Å². The van der Waals surface area contributed by atoms with Gasteiger partial charge in [0, 0.05) is 36.3 Å². The van der Waals surface area contributed by atoms with Gasteiger partial charge in [0.25, 0.3) is 5.91 Å². The monoisotopic (exact) mass is 440 g/mol. The zero-order chi connectivity index (χ0) is 22.8. The molecule has 4 aromatic rings. The number of aromatic nitrogens is 4. The highest BCUT2D eigenvalue weighted by atomic mass is 16.5. The van der Waals surface area contributed by atoms with E-state index in [1.165, 1.54) is 0 Å². The van der Waals surface area contributed by atoms with Crippen LogP contribution < -0.4 is 5.32 Å². The summed E-state index contributed by atoms with van der Waals surface area (Å²) in [6.45, 7) is 4.19. The van der Waals surface area contributed by atoms with Crippen molar-refractivity contribution in [1.82, 2.24) is 25.0 Å². The molecule has 33 heavy (non-hydrogen) atoms. The average Bonchev–Trinajstić information content (AvgIpc) is 3.46. The SMILES string of the molecule is Cc1noc(C)c1C(=O)N1CCC[C@H]1c1nc(Nc2ccccc2)cc(-c2cccnc2)n1. The second-order valence-electron chi connectivity index (χ2n) is 8.09. The van der Waals surface area contributed by atoms with Crippen LogP contribution in [-0.4, -0.2) is 37.5 Å². The number of hydrogen-bond donors (Lipinski definition) is 1. The molecule has 1 amide bonds. The van der Waals surface area contributed by atoms with E-state index in [1.807, 2.05) is 53.4 Å². The molecule has 0 saturated carbocycles. The van der Waals surface area contributed by atoms with Crippen molar-refractivity contribution in [2.24, 2.45) is 0 Å². The van der Waals surface area contributed by atoms with Gasteiger partial charge in [-0.2, -0.15) is 0 Å². The van der Waals surface area contributed by atoms with Gasteiger partial charge in [0.2, 0.25) is 0 Å². The van der Waals surface area contributed by atoms with E-state index < -0.39 is 0 Å². The van der Waals surface area contributed by atoms with Crippen molar-refractivity contribution in [1.29, 1.82) is 0 Å². The molecule has 5 rings (SSSR count). The fourth-order valence-electron chi connectivity index (χ4n) is 4.22. The lowest BCUT2D eigenvalue weighted by Gasteiger charge is -2.24. The molecule has 1 atom stereocenters. The van der Waals surface area contributed by atoms with Crippen LogP contribution in [0.25, 0.3) is 11.3 Å². The van der Waals surface area contributed by atoms with Crippen LogP contribution in [0.2, 0.25) is 0 Å². The molecule has 0 spiro atoms. The fourth-order valence-corrected chi connectivity index (χ4v) is 4.22. The largest absolute Gasteiger partial charge is 0.361 e. The van der Waals surface area contributed by atoms with Crippen LogP contribution in [-0.2, 0) is 0 Å². The third-order valence-electron chi connectivity index (χ3n) is 5.81. The van der Waals surface area contributed by atoms with Crippen LogP contribution in [0.15, 0.2) is 65.4 Å². The van der Waals surface area contributed by atoms with Crippen LogP contribution in [0.3, 0.4) is 0 Å². The van der Waals surface area contributed by atoms with E-state index >= 15 is 0 Å². The lowest BCUT2D eigenvalue weighted by Crippen LogP contribution is -2.32. The molecule has 0 bridgehead atoms. The van der Waals surface area contributed by atoms with Gasteiger partial charge in [0.15, 0.2) is 5.82 Å². The first-order chi connectivity index (χ1) is 16.1. The van der Waals surface area contributed by atoms with Gasteiger partial charge in [0.1, 0.15) is 17.1 Å². The van der Waals surface area contributed by atoms with Crippen LogP contribution >= 0.6 is 0 Å². The first-order valence-electron chi connectivity index (χ1n) is 11.0. The van der Waals surface area contributed by atoms with E-state index in [0.717, 1.165) is 29.8 Å². The second-order valence-corrected chi connectivity index (χ2v) is 8.09. The average molecular weight is 441 g/mol. The Morgan fingerprint density at radius 1 is 1.12 bits per heavy atom. The van der Waals surface area contributed by atoms with Gasteiger partial charge in [-0.15, -0.1) is 0 Å². The van der Waals surface area contributed by atoms with E-state index in [0.29, 0.717) is 35.2 Å². The Bertz CT molecular complexity index is 1250. The number of aryl methyl sites for hydroxylation is 2. The number of para-hydroxylation sites is 1. The first kappa shape index (κ1) is 20.8. The van der Waals surface area contributed by atoms with Gasteiger partial charge >= 0.3 is 0 Å². The number of pyridine rings is 1. The maximum Gasteiger partial charge on any atom is 0.259 e. The summed E-state index contributed by atoms with van der Waals surface area (Å²) in [4.78, 5) is 29.2. The fraction of sp³-hybridized carbons (Fsp3) is 0.240. The first-order valence-corrected chi connectivity index (χ1v) is 11.0. The zero-order valence-electron chi connectivity index (χ0n) is 18.5.